The Hall–Kier alpha value is -3.61. The second-order valence-electron chi connectivity index (χ2n) is 6.72. The van der Waals surface area contributed by atoms with Gasteiger partial charge in [0, 0.05) is 6.54 Å². The molecule has 9 heteroatoms. The maximum Gasteiger partial charge on any atom is 0.339 e. The van der Waals surface area contributed by atoms with E-state index in [1.165, 1.54) is 37.5 Å². The molecule has 33 heavy (non-hydrogen) atoms. The van der Waals surface area contributed by atoms with Gasteiger partial charge in [0.15, 0.2) is 11.5 Å². The first-order valence-corrected chi connectivity index (χ1v) is 11.8. The number of amides is 1. The molecule has 3 rings (SSSR count). The maximum atomic E-state index is 12.6. The molecule has 0 atom stereocenters. The van der Waals surface area contributed by atoms with Crippen LogP contribution >= 0.6 is 15.9 Å². The summed E-state index contributed by atoms with van der Waals surface area (Å²) in [6.45, 7) is 0.274. The smallest absolute Gasteiger partial charge is 0.339 e. The zero-order valence-corrected chi connectivity index (χ0v) is 19.9. The molecule has 0 fully saturated rings. The zero-order valence-electron chi connectivity index (χ0n) is 17.5. The number of nitriles is 1. The highest BCUT2D eigenvalue weighted by Crippen LogP contribution is 2.39. The minimum atomic E-state index is -4.10. The fourth-order valence-electron chi connectivity index (χ4n) is 2.84. The molecule has 0 saturated heterocycles. The minimum absolute atomic E-state index is 0.00946. The molecule has 0 aromatic heterocycles. The normalized spacial score (nSPS) is 11.4. The average Bonchev–Trinajstić information content (AvgIpc) is 2.83. The summed E-state index contributed by atoms with van der Waals surface area (Å²) in [5.74, 6) is -0.480. The third-order valence-electron chi connectivity index (χ3n) is 4.45. The van der Waals surface area contributed by atoms with Gasteiger partial charge in [-0.25, -0.2) is 0 Å². The fraction of sp³-hybridized carbons (Fsp3) is 0.0833. The van der Waals surface area contributed by atoms with Crippen LogP contribution in [0.15, 0.2) is 87.7 Å². The van der Waals surface area contributed by atoms with Gasteiger partial charge in [0.1, 0.15) is 16.5 Å². The standard InChI is InChI=1S/C24H19BrN2O5S/c1-31-22-14-18(12-19(15-26)24(28)27-16-17-8-4-2-5-9-17)13-21(25)23(22)32-33(29,30)20-10-6-3-7-11-20/h2-14H,16H2,1H3,(H,27,28)/b19-12+. The lowest BCUT2D eigenvalue weighted by molar-refractivity contribution is -0.117. The monoisotopic (exact) mass is 526 g/mol. The van der Waals surface area contributed by atoms with E-state index in [0.717, 1.165) is 5.56 Å². The number of ether oxygens (including phenoxy) is 1. The summed E-state index contributed by atoms with van der Waals surface area (Å²) in [6, 6.07) is 21.9. The van der Waals surface area contributed by atoms with E-state index in [-0.39, 0.29) is 33.0 Å². The van der Waals surface area contributed by atoms with Crippen molar-refractivity contribution in [3.8, 4) is 17.6 Å². The van der Waals surface area contributed by atoms with Crippen LogP contribution in [0.3, 0.4) is 0 Å². The zero-order chi connectivity index (χ0) is 23.8. The molecule has 0 saturated carbocycles. The third kappa shape index (κ3) is 6.22. The van der Waals surface area contributed by atoms with Crippen LogP contribution < -0.4 is 14.2 Å². The van der Waals surface area contributed by atoms with Gasteiger partial charge in [0.05, 0.1) is 11.6 Å². The van der Waals surface area contributed by atoms with Crippen LogP contribution in [0.5, 0.6) is 11.5 Å². The van der Waals surface area contributed by atoms with Gasteiger partial charge in [-0.3, -0.25) is 4.79 Å². The topological polar surface area (TPSA) is 105 Å². The van der Waals surface area contributed by atoms with Gasteiger partial charge in [0.25, 0.3) is 5.91 Å². The van der Waals surface area contributed by atoms with E-state index in [0.29, 0.717) is 5.56 Å². The lowest BCUT2D eigenvalue weighted by Crippen LogP contribution is -2.23. The Balaban J connectivity index is 1.85. The molecule has 0 bridgehead atoms. The van der Waals surface area contributed by atoms with Gasteiger partial charge in [-0.05, 0) is 57.4 Å². The number of methoxy groups -OCH3 is 1. The molecular formula is C24H19BrN2O5S. The van der Waals surface area contributed by atoms with E-state index in [2.05, 4.69) is 21.2 Å². The summed E-state index contributed by atoms with van der Waals surface area (Å²) in [5, 5.41) is 12.2. The predicted octanol–water partition coefficient (Wildman–Crippen LogP) is 4.45. The summed E-state index contributed by atoms with van der Waals surface area (Å²) in [6.07, 6.45) is 1.38. The molecule has 0 unspecified atom stereocenters. The molecule has 0 aliphatic rings. The van der Waals surface area contributed by atoms with Crippen molar-refractivity contribution < 1.29 is 22.1 Å². The largest absolute Gasteiger partial charge is 0.493 e. The number of hydrogen-bond acceptors (Lipinski definition) is 6. The van der Waals surface area contributed by atoms with E-state index in [9.17, 15) is 18.5 Å². The Labute approximate surface area is 200 Å². The summed E-state index contributed by atoms with van der Waals surface area (Å²) >= 11 is 3.29. The summed E-state index contributed by atoms with van der Waals surface area (Å²) < 4.78 is 36.1. The first-order valence-electron chi connectivity index (χ1n) is 9.65. The van der Waals surface area contributed by atoms with Crippen molar-refractivity contribution in [3.05, 3.63) is 94.0 Å². The molecular weight excluding hydrogens is 508 g/mol. The summed E-state index contributed by atoms with van der Waals surface area (Å²) in [4.78, 5) is 12.4. The molecule has 7 nitrogen and oxygen atoms in total. The second kappa shape index (κ2) is 10.8. The number of nitrogens with zero attached hydrogens (tertiary/aromatic N) is 1. The molecule has 0 aliphatic heterocycles. The Morgan fingerprint density at radius 1 is 1.09 bits per heavy atom. The number of carbonyl (C=O) groups is 1. The third-order valence-corrected chi connectivity index (χ3v) is 6.27. The highest BCUT2D eigenvalue weighted by Gasteiger charge is 2.22. The van der Waals surface area contributed by atoms with E-state index in [4.69, 9.17) is 8.92 Å². The molecule has 1 amide bonds. The highest BCUT2D eigenvalue weighted by molar-refractivity contribution is 9.10. The van der Waals surface area contributed by atoms with E-state index >= 15 is 0 Å². The number of hydrogen-bond donors (Lipinski definition) is 1. The molecule has 0 spiro atoms. The van der Waals surface area contributed by atoms with Gasteiger partial charge in [-0.1, -0.05) is 48.5 Å². The van der Waals surface area contributed by atoms with E-state index < -0.39 is 16.0 Å². The Bertz CT molecular complexity index is 1320. The lowest BCUT2D eigenvalue weighted by Gasteiger charge is -2.13. The molecule has 3 aromatic carbocycles. The number of rotatable bonds is 8. The summed E-state index contributed by atoms with van der Waals surface area (Å²) in [5.41, 5.74) is 1.22. The average molecular weight is 527 g/mol. The quantitative estimate of drug-likeness (QED) is 0.264. The maximum absolute atomic E-state index is 12.6. The van der Waals surface area contributed by atoms with Crippen molar-refractivity contribution in [1.82, 2.24) is 5.32 Å². The van der Waals surface area contributed by atoms with Crippen LogP contribution in [-0.2, 0) is 21.5 Å². The lowest BCUT2D eigenvalue weighted by atomic mass is 10.1. The minimum Gasteiger partial charge on any atom is -0.493 e. The van der Waals surface area contributed by atoms with Crippen LogP contribution in [0, 0.1) is 11.3 Å². The highest BCUT2D eigenvalue weighted by atomic mass is 79.9. The molecule has 0 aliphatic carbocycles. The molecule has 168 valence electrons. The number of nitrogens with one attached hydrogen (secondary N) is 1. The van der Waals surface area contributed by atoms with Crippen molar-refractivity contribution in [1.29, 1.82) is 5.26 Å². The second-order valence-corrected chi connectivity index (χ2v) is 9.12. The van der Waals surface area contributed by atoms with Gasteiger partial charge in [0.2, 0.25) is 0 Å². The fourth-order valence-corrected chi connectivity index (χ4v) is 4.46. The molecule has 0 heterocycles. The van der Waals surface area contributed by atoms with Gasteiger partial charge < -0.3 is 14.2 Å². The van der Waals surface area contributed by atoms with Crippen LogP contribution in [0.4, 0.5) is 0 Å². The van der Waals surface area contributed by atoms with E-state index in [1.807, 2.05) is 36.4 Å². The van der Waals surface area contributed by atoms with Gasteiger partial charge >= 0.3 is 10.1 Å². The molecule has 0 radical (unpaired) electrons. The first kappa shape index (κ1) is 24.0. The summed E-state index contributed by atoms with van der Waals surface area (Å²) in [7, 11) is -2.74. The van der Waals surface area contributed by atoms with Crippen LogP contribution in [-0.4, -0.2) is 21.4 Å². The number of carbonyl (C=O) groups excluding carboxylic acids is 1. The number of halogens is 1. The van der Waals surface area contributed by atoms with Crippen molar-refractivity contribution >= 4 is 38.0 Å². The number of benzene rings is 3. The SMILES string of the molecule is COc1cc(/C=C(\C#N)C(=O)NCc2ccccc2)cc(Br)c1OS(=O)(=O)c1ccccc1. The van der Waals surface area contributed by atoms with Crippen LogP contribution in [0.1, 0.15) is 11.1 Å². The Morgan fingerprint density at radius 3 is 2.33 bits per heavy atom. The van der Waals surface area contributed by atoms with E-state index in [1.54, 1.807) is 18.2 Å². The molecule has 3 aromatic rings. The van der Waals surface area contributed by atoms with Crippen molar-refractivity contribution in [2.24, 2.45) is 0 Å². The predicted molar refractivity (Wildman–Crippen MR) is 127 cm³/mol. The van der Waals surface area contributed by atoms with Crippen LogP contribution in [0.2, 0.25) is 0 Å². The van der Waals surface area contributed by atoms with Gasteiger partial charge in [-0.15, -0.1) is 0 Å². The van der Waals surface area contributed by atoms with Crippen molar-refractivity contribution in [2.75, 3.05) is 7.11 Å². The van der Waals surface area contributed by atoms with Crippen molar-refractivity contribution in [2.45, 2.75) is 11.4 Å². The van der Waals surface area contributed by atoms with Crippen molar-refractivity contribution in [3.63, 3.8) is 0 Å². The first-order chi connectivity index (χ1) is 15.8. The Kier molecular flexibility index (Phi) is 7.87. The van der Waals surface area contributed by atoms with Crippen LogP contribution in [0.25, 0.3) is 6.08 Å². The molecule has 1 N–H and O–H groups in total. The van der Waals surface area contributed by atoms with Gasteiger partial charge in [-0.2, -0.15) is 13.7 Å². The Morgan fingerprint density at radius 2 is 1.73 bits per heavy atom.